The van der Waals surface area contributed by atoms with Gasteiger partial charge in [-0.3, -0.25) is 9.89 Å². The monoisotopic (exact) mass is 325 g/mol. The molecule has 0 atom stereocenters. The van der Waals surface area contributed by atoms with Crippen LogP contribution in [0.15, 0.2) is 48.1 Å². The van der Waals surface area contributed by atoms with E-state index in [0.29, 0.717) is 5.56 Å². The Hall–Kier alpha value is -2.73. The van der Waals surface area contributed by atoms with E-state index in [0.717, 1.165) is 17.4 Å². The molecule has 116 valence electrons. The van der Waals surface area contributed by atoms with Crippen LogP contribution in [0, 0.1) is 6.92 Å². The molecule has 0 saturated carbocycles. The Kier molecular flexibility index (Phi) is 4.34. The maximum absolute atomic E-state index is 12.2. The van der Waals surface area contributed by atoms with Crippen LogP contribution in [0.5, 0.6) is 0 Å². The fourth-order valence-electron chi connectivity index (χ4n) is 2.11. The number of benzene rings is 1. The van der Waals surface area contributed by atoms with E-state index >= 15 is 0 Å². The van der Waals surface area contributed by atoms with E-state index in [9.17, 15) is 9.90 Å². The zero-order valence-electron chi connectivity index (χ0n) is 12.5. The number of hydrogen-bond acceptors (Lipinski definition) is 5. The van der Waals surface area contributed by atoms with E-state index in [4.69, 9.17) is 0 Å². The van der Waals surface area contributed by atoms with E-state index < -0.39 is 0 Å². The highest BCUT2D eigenvalue weighted by Crippen LogP contribution is 2.20. The summed E-state index contributed by atoms with van der Waals surface area (Å²) in [6.45, 7) is 2.05. The number of allylic oxidation sites excluding steroid dienone is 1. The largest absolute Gasteiger partial charge is 0.504 e. The third-order valence-electron chi connectivity index (χ3n) is 3.35. The maximum Gasteiger partial charge on any atom is 0.215 e. The average Bonchev–Trinajstić information content (AvgIpc) is 3.21. The van der Waals surface area contributed by atoms with Gasteiger partial charge in [-0.1, -0.05) is 29.8 Å². The Morgan fingerprint density at radius 1 is 1.35 bits per heavy atom. The van der Waals surface area contributed by atoms with Crippen molar-refractivity contribution in [1.82, 2.24) is 15.2 Å². The highest BCUT2D eigenvalue weighted by Gasteiger charge is 2.11. The first-order valence-corrected chi connectivity index (χ1v) is 7.94. The molecule has 6 heteroatoms. The summed E-state index contributed by atoms with van der Waals surface area (Å²) in [6, 6.07) is 10.2. The lowest BCUT2D eigenvalue weighted by molar-refractivity contribution is 0.104. The quantitative estimate of drug-likeness (QED) is 0.427. The van der Waals surface area contributed by atoms with Gasteiger partial charge in [-0.15, -0.1) is 11.3 Å². The van der Waals surface area contributed by atoms with Gasteiger partial charge < -0.3 is 5.11 Å². The van der Waals surface area contributed by atoms with Gasteiger partial charge in [-0.25, -0.2) is 4.98 Å². The van der Waals surface area contributed by atoms with Crippen molar-refractivity contribution in [2.75, 3.05) is 0 Å². The smallest absolute Gasteiger partial charge is 0.215 e. The second kappa shape index (κ2) is 6.58. The van der Waals surface area contributed by atoms with Gasteiger partial charge >= 0.3 is 0 Å². The molecule has 0 radical (unpaired) electrons. The molecular formula is C17H15N3O2S. The molecule has 2 aromatic heterocycles. The summed E-state index contributed by atoms with van der Waals surface area (Å²) in [7, 11) is 0. The lowest BCUT2D eigenvalue weighted by Crippen LogP contribution is -1.96. The Morgan fingerprint density at radius 3 is 2.83 bits per heavy atom. The number of nitrogens with zero attached hydrogens (tertiary/aromatic N) is 2. The molecule has 5 nitrogen and oxygen atoms in total. The van der Waals surface area contributed by atoms with Crippen LogP contribution in [-0.4, -0.2) is 26.1 Å². The third kappa shape index (κ3) is 3.73. The molecular weight excluding hydrogens is 310 g/mol. The Morgan fingerprint density at radius 2 is 2.13 bits per heavy atom. The Labute approximate surface area is 137 Å². The second-order valence-electron chi connectivity index (χ2n) is 5.18. The summed E-state index contributed by atoms with van der Waals surface area (Å²) in [5.41, 5.74) is 2.98. The number of aliphatic hydroxyl groups is 1. The first-order chi connectivity index (χ1) is 11.1. The summed E-state index contributed by atoms with van der Waals surface area (Å²) in [5, 5.41) is 17.8. The molecule has 0 saturated heterocycles. The van der Waals surface area contributed by atoms with Gasteiger partial charge in [0.2, 0.25) is 5.82 Å². The molecule has 0 aliphatic heterocycles. The number of aromatic nitrogens is 3. The summed E-state index contributed by atoms with van der Waals surface area (Å²) >= 11 is 1.53. The number of nitrogens with one attached hydrogen (secondary N) is 1. The van der Waals surface area contributed by atoms with Crippen LogP contribution in [-0.2, 0) is 6.42 Å². The normalized spacial score (nSPS) is 11.6. The van der Waals surface area contributed by atoms with Crippen molar-refractivity contribution in [3.63, 3.8) is 0 Å². The van der Waals surface area contributed by atoms with Gasteiger partial charge in [0.1, 0.15) is 6.33 Å². The molecule has 0 aliphatic carbocycles. The van der Waals surface area contributed by atoms with Crippen molar-refractivity contribution in [3.8, 4) is 0 Å². The van der Waals surface area contributed by atoms with Crippen molar-refractivity contribution in [2.24, 2.45) is 0 Å². The molecule has 3 aromatic rings. The minimum atomic E-state index is -0.265. The van der Waals surface area contributed by atoms with E-state index in [1.54, 1.807) is 5.38 Å². The topological polar surface area (TPSA) is 78.9 Å². The van der Waals surface area contributed by atoms with Crippen molar-refractivity contribution in [1.29, 1.82) is 0 Å². The summed E-state index contributed by atoms with van der Waals surface area (Å²) in [6.07, 6.45) is 3.27. The zero-order valence-corrected chi connectivity index (χ0v) is 13.3. The highest BCUT2D eigenvalue weighted by atomic mass is 32.1. The van der Waals surface area contributed by atoms with Gasteiger partial charge in [-0.05, 0) is 18.6 Å². The Balaban J connectivity index is 1.72. The molecule has 0 fully saturated rings. The molecule has 3 rings (SSSR count). The molecule has 1 aromatic carbocycles. The van der Waals surface area contributed by atoms with Crippen molar-refractivity contribution < 1.29 is 9.90 Å². The van der Waals surface area contributed by atoms with Crippen LogP contribution < -0.4 is 0 Å². The lowest BCUT2D eigenvalue weighted by atomic mass is 10.1. The number of carbonyl (C=O) groups excluding carboxylic acids is 1. The van der Waals surface area contributed by atoms with Crippen molar-refractivity contribution in [3.05, 3.63) is 75.5 Å². The van der Waals surface area contributed by atoms with Crippen LogP contribution in [0.4, 0.5) is 0 Å². The number of carbonyl (C=O) groups is 1. The number of rotatable bonds is 5. The number of ketones is 1. The van der Waals surface area contributed by atoms with Gasteiger partial charge in [0.05, 0.1) is 0 Å². The summed E-state index contributed by atoms with van der Waals surface area (Å²) in [5.74, 6) is -0.408. The fraction of sp³-hybridized carbons (Fsp3) is 0.118. The molecule has 0 spiro atoms. The van der Waals surface area contributed by atoms with Crippen LogP contribution in [0.1, 0.15) is 32.2 Å². The number of aliphatic hydroxyl groups excluding tert-OH is 1. The van der Waals surface area contributed by atoms with Crippen LogP contribution in [0.3, 0.4) is 0 Å². The maximum atomic E-state index is 12.2. The summed E-state index contributed by atoms with van der Waals surface area (Å²) in [4.78, 5) is 17.1. The molecule has 0 bridgehead atoms. The highest BCUT2D eigenvalue weighted by molar-refractivity contribution is 7.10. The van der Waals surface area contributed by atoms with Crippen molar-refractivity contribution >= 4 is 22.9 Å². The number of aromatic amines is 1. The number of hydrogen-bond donors (Lipinski definition) is 2. The first-order valence-electron chi connectivity index (χ1n) is 7.06. The molecule has 0 aliphatic rings. The minimum Gasteiger partial charge on any atom is -0.504 e. The third-order valence-corrected chi connectivity index (χ3v) is 4.29. The average molecular weight is 325 g/mol. The minimum absolute atomic E-state index is 0.105. The first kappa shape index (κ1) is 15.2. The predicted octanol–water partition coefficient (Wildman–Crippen LogP) is 3.55. The Bertz CT molecular complexity index is 833. The van der Waals surface area contributed by atoms with Gasteiger partial charge in [0.25, 0.3) is 0 Å². The molecule has 2 heterocycles. The lowest BCUT2D eigenvalue weighted by Gasteiger charge is -1.99. The van der Waals surface area contributed by atoms with Crippen LogP contribution in [0.2, 0.25) is 0 Å². The SMILES string of the molecule is Cc1ccc(Cc2cc(C(=O)C=C(O)c3nc[nH]n3)cs2)cc1. The van der Waals surface area contributed by atoms with Crippen LogP contribution >= 0.6 is 11.3 Å². The van der Waals surface area contributed by atoms with Crippen molar-refractivity contribution in [2.45, 2.75) is 13.3 Å². The molecule has 0 amide bonds. The van der Waals surface area contributed by atoms with Gasteiger partial charge in [0, 0.05) is 28.3 Å². The number of H-pyrrole nitrogens is 1. The second-order valence-corrected chi connectivity index (χ2v) is 6.18. The number of aryl methyl sites for hydroxylation is 1. The molecule has 0 unspecified atom stereocenters. The van der Waals surface area contributed by atoms with Crippen LogP contribution in [0.25, 0.3) is 5.76 Å². The van der Waals surface area contributed by atoms with E-state index in [2.05, 4.69) is 46.4 Å². The summed E-state index contributed by atoms with van der Waals surface area (Å²) < 4.78 is 0. The molecule has 23 heavy (non-hydrogen) atoms. The van der Waals surface area contributed by atoms with E-state index in [-0.39, 0.29) is 17.4 Å². The van der Waals surface area contributed by atoms with Gasteiger partial charge in [-0.2, -0.15) is 5.10 Å². The molecule has 2 N–H and O–H groups in total. The van der Waals surface area contributed by atoms with E-state index in [1.165, 1.54) is 28.8 Å². The van der Waals surface area contributed by atoms with E-state index in [1.807, 2.05) is 6.07 Å². The number of thiophene rings is 1. The zero-order chi connectivity index (χ0) is 16.2. The van der Waals surface area contributed by atoms with Gasteiger partial charge in [0.15, 0.2) is 11.5 Å². The standard InChI is InChI=1S/C17H15N3O2S/c1-11-2-4-12(5-3-11)6-14-7-13(9-23-14)15(21)8-16(22)17-18-10-19-20-17/h2-5,7-10,22H,6H2,1H3,(H,18,19,20). The fourth-order valence-corrected chi connectivity index (χ4v) is 3.02. The predicted molar refractivity (Wildman–Crippen MR) is 89.6 cm³/mol.